The maximum atomic E-state index is 5.33. The van der Waals surface area contributed by atoms with E-state index in [1.54, 1.807) is 47.7 Å². The van der Waals surface area contributed by atoms with Crippen LogP contribution in [0.1, 0.15) is 11.1 Å². The molecule has 5 heteroatoms. The SMILES string of the molecule is COc1ccc(C#Cc2cc(OC)c(OC)c(OC)c2)cc1OC. The minimum absolute atomic E-state index is 0.539. The molecule has 0 saturated heterocycles. The van der Waals surface area contributed by atoms with Crippen molar-refractivity contribution >= 4 is 0 Å². The van der Waals surface area contributed by atoms with Crippen LogP contribution in [0.3, 0.4) is 0 Å². The van der Waals surface area contributed by atoms with Crippen molar-refractivity contribution < 1.29 is 23.7 Å². The summed E-state index contributed by atoms with van der Waals surface area (Å²) in [6.45, 7) is 0. The molecule has 0 atom stereocenters. The average Bonchev–Trinajstić information content (AvgIpc) is 2.64. The lowest BCUT2D eigenvalue weighted by molar-refractivity contribution is 0.324. The van der Waals surface area contributed by atoms with E-state index >= 15 is 0 Å². The van der Waals surface area contributed by atoms with Crippen molar-refractivity contribution in [2.75, 3.05) is 35.5 Å². The van der Waals surface area contributed by atoms with E-state index < -0.39 is 0 Å². The summed E-state index contributed by atoms with van der Waals surface area (Å²) in [5.74, 6) is 9.14. The summed E-state index contributed by atoms with van der Waals surface area (Å²) in [4.78, 5) is 0. The Kier molecular flexibility index (Phi) is 5.80. The molecule has 2 aromatic rings. The van der Waals surface area contributed by atoms with E-state index in [4.69, 9.17) is 23.7 Å². The van der Waals surface area contributed by atoms with Crippen LogP contribution in [0.5, 0.6) is 28.7 Å². The second-order valence-corrected chi connectivity index (χ2v) is 4.73. The van der Waals surface area contributed by atoms with Gasteiger partial charge in [-0.05, 0) is 30.3 Å². The van der Waals surface area contributed by atoms with Gasteiger partial charge in [0.1, 0.15) is 0 Å². The smallest absolute Gasteiger partial charge is 0.203 e. The quantitative estimate of drug-likeness (QED) is 0.789. The first-order chi connectivity index (χ1) is 11.7. The molecular weight excluding hydrogens is 308 g/mol. The van der Waals surface area contributed by atoms with Gasteiger partial charge in [-0.1, -0.05) is 11.8 Å². The maximum absolute atomic E-state index is 5.33. The predicted molar refractivity (Wildman–Crippen MR) is 91.6 cm³/mol. The summed E-state index contributed by atoms with van der Waals surface area (Å²) < 4.78 is 26.5. The maximum Gasteiger partial charge on any atom is 0.203 e. The Morgan fingerprint density at radius 2 is 1.04 bits per heavy atom. The van der Waals surface area contributed by atoms with Crippen molar-refractivity contribution in [2.45, 2.75) is 0 Å². The standard InChI is InChI=1S/C19H20O5/c1-20-15-9-8-13(10-16(15)21-2)6-7-14-11-17(22-3)19(24-5)18(12-14)23-4/h8-12H,1-5H3. The van der Waals surface area contributed by atoms with Gasteiger partial charge < -0.3 is 23.7 Å². The Balaban J connectivity index is 2.40. The van der Waals surface area contributed by atoms with Gasteiger partial charge in [-0.2, -0.15) is 0 Å². The lowest BCUT2D eigenvalue weighted by Crippen LogP contribution is -1.95. The summed E-state index contributed by atoms with van der Waals surface area (Å²) in [6.07, 6.45) is 0. The number of hydrogen-bond donors (Lipinski definition) is 0. The minimum atomic E-state index is 0.539. The average molecular weight is 328 g/mol. The van der Waals surface area contributed by atoms with Gasteiger partial charge >= 0.3 is 0 Å². The molecule has 0 aliphatic rings. The minimum Gasteiger partial charge on any atom is -0.493 e. The van der Waals surface area contributed by atoms with Crippen LogP contribution in [-0.4, -0.2) is 35.5 Å². The third-order valence-corrected chi connectivity index (χ3v) is 3.40. The van der Waals surface area contributed by atoms with Crippen LogP contribution < -0.4 is 23.7 Å². The number of rotatable bonds is 5. The Morgan fingerprint density at radius 1 is 0.542 bits per heavy atom. The molecule has 0 aliphatic carbocycles. The van der Waals surface area contributed by atoms with Crippen LogP contribution in [0.2, 0.25) is 0 Å². The normalized spacial score (nSPS) is 9.54. The fourth-order valence-electron chi connectivity index (χ4n) is 2.21. The highest BCUT2D eigenvalue weighted by molar-refractivity contribution is 5.58. The van der Waals surface area contributed by atoms with Crippen LogP contribution in [0.25, 0.3) is 0 Å². The highest BCUT2D eigenvalue weighted by atomic mass is 16.5. The molecular formula is C19H20O5. The van der Waals surface area contributed by atoms with Gasteiger partial charge in [0.25, 0.3) is 0 Å². The summed E-state index contributed by atoms with van der Waals surface area (Å²) in [7, 11) is 7.90. The van der Waals surface area contributed by atoms with Gasteiger partial charge in [0.15, 0.2) is 23.0 Å². The molecule has 0 aromatic heterocycles. The number of ether oxygens (including phenoxy) is 5. The molecule has 0 aliphatic heterocycles. The first kappa shape index (κ1) is 17.4. The van der Waals surface area contributed by atoms with Crippen LogP contribution in [0.4, 0.5) is 0 Å². The molecule has 2 aromatic carbocycles. The number of hydrogen-bond acceptors (Lipinski definition) is 5. The largest absolute Gasteiger partial charge is 0.493 e. The Labute approximate surface area is 142 Å². The molecule has 0 spiro atoms. The van der Waals surface area contributed by atoms with Crippen molar-refractivity contribution in [2.24, 2.45) is 0 Å². The first-order valence-corrected chi connectivity index (χ1v) is 7.20. The van der Waals surface area contributed by atoms with Gasteiger partial charge in [0.2, 0.25) is 5.75 Å². The topological polar surface area (TPSA) is 46.2 Å². The van der Waals surface area contributed by atoms with Crippen LogP contribution in [0, 0.1) is 11.8 Å². The fraction of sp³-hybridized carbons (Fsp3) is 0.263. The van der Waals surface area contributed by atoms with E-state index in [0.29, 0.717) is 28.7 Å². The van der Waals surface area contributed by atoms with Crippen molar-refractivity contribution in [3.63, 3.8) is 0 Å². The van der Waals surface area contributed by atoms with Gasteiger partial charge in [-0.25, -0.2) is 0 Å². The van der Waals surface area contributed by atoms with Crippen LogP contribution in [-0.2, 0) is 0 Å². The van der Waals surface area contributed by atoms with Gasteiger partial charge in [-0.3, -0.25) is 0 Å². The molecule has 0 saturated carbocycles. The lowest BCUT2D eigenvalue weighted by Gasteiger charge is -2.12. The third-order valence-electron chi connectivity index (χ3n) is 3.40. The molecule has 2 rings (SSSR count). The number of benzene rings is 2. The van der Waals surface area contributed by atoms with Crippen LogP contribution >= 0.6 is 0 Å². The molecule has 0 amide bonds. The van der Waals surface area contributed by atoms with Crippen molar-refractivity contribution in [1.29, 1.82) is 0 Å². The molecule has 0 bridgehead atoms. The predicted octanol–water partition coefficient (Wildman–Crippen LogP) is 3.13. The second-order valence-electron chi connectivity index (χ2n) is 4.73. The molecule has 0 heterocycles. The van der Waals surface area contributed by atoms with E-state index in [-0.39, 0.29) is 0 Å². The van der Waals surface area contributed by atoms with Crippen molar-refractivity contribution in [1.82, 2.24) is 0 Å². The Hall–Kier alpha value is -3.00. The van der Waals surface area contributed by atoms with E-state index in [1.807, 2.05) is 18.2 Å². The summed E-state index contributed by atoms with van der Waals surface area (Å²) >= 11 is 0. The van der Waals surface area contributed by atoms with E-state index in [1.165, 1.54) is 0 Å². The van der Waals surface area contributed by atoms with E-state index in [2.05, 4.69) is 11.8 Å². The zero-order chi connectivity index (χ0) is 17.5. The van der Waals surface area contributed by atoms with Gasteiger partial charge in [0.05, 0.1) is 35.5 Å². The molecule has 0 fully saturated rings. The molecule has 126 valence electrons. The molecule has 5 nitrogen and oxygen atoms in total. The van der Waals surface area contributed by atoms with Crippen LogP contribution in [0.15, 0.2) is 30.3 Å². The highest BCUT2D eigenvalue weighted by Gasteiger charge is 2.12. The Bertz CT molecular complexity index is 746. The van der Waals surface area contributed by atoms with Gasteiger partial charge in [-0.15, -0.1) is 0 Å². The van der Waals surface area contributed by atoms with E-state index in [9.17, 15) is 0 Å². The summed E-state index contributed by atoms with van der Waals surface area (Å²) in [5, 5.41) is 0. The monoisotopic (exact) mass is 328 g/mol. The van der Waals surface area contributed by atoms with E-state index in [0.717, 1.165) is 11.1 Å². The van der Waals surface area contributed by atoms with Crippen molar-refractivity contribution in [3.05, 3.63) is 41.5 Å². The summed E-state index contributed by atoms with van der Waals surface area (Å²) in [6, 6.07) is 9.11. The zero-order valence-corrected chi connectivity index (χ0v) is 14.4. The molecule has 24 heavy (non-hydrogen) atoms. The lowest BCUT2D eigenvalue weighted by atomic mass is 10.1. The summed E-state index contributed by atoms with van der Waals surface area (Å²) in [5.41, 5.74) is 1.56. The van der Waals surface area contributed by atoms with Crippen molar-refractivity contribution in [3.8, 4) is 40.6 Å². The second kappa shape index (κ2) is 8.02. The zero-order valence-electron chi connectivity index (χ0n) is 14.4. The highest BCUT2D eigenvalue weighted by Crippen LogP contribution is 2.38. The Morgan fingerprint density at radius 3 is 1.54 bits per heavy atom. The molecule has 0 radical (unpaired) electrons. The first-order valence-electron chi connectivity index (χ1n) is 7.20. The fourth-order valence-corrected chi connectivity index (χ4v) is 2.21. The third kappa shape index (κ3) is 3.66. The van der Waals surface area contributed by atoms with Gasteiger partial charge in [0, 0.05) is 11.1 Å². The molecule has 0 N–H and O–H groups in total. The number of methoxy groups -OCH3 is 5. The molecule has 0 unspecified atom stereocenters.